The summed E-state index contributed by atoms with van der Waals surface area (Å²) in [7, 11) is 1.92. The van der Waals surface area contributed by atoms with Crippen molar-refractivity contribution in [3.63, 3.8) is 0 Å². The predicted octanol–water partition coefficient (Wildman–Crippen LogP) is 4.21. The molecule has 0 bridgehead atoms. The van der Waals surface area contributed by atoms with Crippen molar-refractivity contribution in [2.45, 2.75) is 25.1 Å². The highest BCUT2D eigenvalue weighted by atomic mass is 32.1. The number of benzene rings is 1. The van der Waals surface area contributed by atoms with Gasteiger partial charge >= 0.3 is 6.18 Å². The Morgan fingerprint density at radius 2 is 2.11 bits per heavy atom. The fourth-order valence-electron chi connectivity index (χ4n) is 2.44. The summed E-state index contributed by atoms with van der Waals surface area (Å²) in [6.45, 7) is 0.896. The van der Waals surface area contributed by atoms with Gasteiger partial charge in [-0.05, 0) is 62.4 Å². The normalized spacial score (nSPS) is 20.3. The molecule has 1 heterocycles. The first-order chi connectivity index (χ1) is 8.91. The number of nitrogens with zero attached hydrogens (tertiary/aromatic N) is 2. The highest BCUT2D eigenvalue weighted by Gasteiger charge is 2.33. The maximum atomic E-state index is 12.9. The van der Waals surface area contributed by atoms with E-state index in [2.05, 4.69) is 27.3 Å². The van der Waals surface area contributed by atoms with Crippen molar-refractivity contribution in [1.29, 1.82) is 0 Å². The number of halogens is 3. The van der Waals surface area contributed by atoms with Crippen molar-refractivity contribution in [2.24, 2.45) is 4.99 Å². The van der Waals surface area contributed by atoms with E-state index in [1.54, 1.807) is 6.07 Å². The second-order valence-electron chi connectivity index (χ2n) is 4.65. The van der Waals surface area contributed by atoms with Gasteiger partial charge < -0.3 is 0 Å². The standard InChI is InChI=1S/C13H13F3N2S/c1-18-4-2-3-12(18)9-5-10(13(14,15)16)7-11(6-9)17-8-19/h5-7,12H,2-4H2,1H3. The summed E-state index contributed by atoms with van der Waals surface area (Å²) in [6.07, 6.45) is -2.53. The van der Waals surface area contributed by atoms with Crippen LogP contribution in [0.2, 0.25) is 0 Å². The van der Waals surface area contributed by atoms with Crippen LogP contribution in [0.3, 0.4) is 0 Å². The van der Waals surface area contributed by atoms with Crippen molar-refractivity contribution in [3.8, 4) is 0 Å². The van der Waals surface area contributed by atoms with Crippen LogP contribution < -0.4 is 0 Å². The summed E-state index contributed by atoms with van der Waals surface area (Å²) in [5.41, 5.74) is 0.160. The average molecular weight is 286 g/mol. The van der Waals surface area contributed by atoms with Crippen LogP contribution in [0.25, 0.3) is 0 Å². The molecule has 102 valence electrons. The maximum Gasteiger partial charge on any atom is 0.416 e. The molecule has 6 heteroatoms. The molecular formula is C13H13F3N2S. The van der Waals surface area contributed by atoms with Crippen LogP contribution in [0, 0.1) is 0 Å². The molecule has 0 spiro atoms. The Morgan fingerprint density at radius 3 is 2.63 bits per heavy atom. The largest absolute Gasteiger partial charge is 0.416 e. The van der Waals surface area contributed by atoms with Gasteiger partial charge in [0.25, 0.3) is 0 Å². The molecule has 0 N–H and O–H groups in total. The molecule has 2 rings (SSSR count). The Bertz CT molecular complexity index is 521. The molecule has 1 saturated heterocycles. The number of thiocarbonyl (C=S) groups is 1. The van der Waals surface area contributed by atoms with Gasteiger partial charge in [-0.25, -0.2) is 0 Å². The van der Waals surface area contributed by atoms with E-state index in [4.69, 9.17) is 0 Å². The van der Waals surface area contributed by atoms with Crippen LogP contribution in [0.4, 0.5) is 18.9 Å². The zero-order chi connectivity index (χ0) is 14.0. The first-order valence-corrected chi connectivity index (χ1v) is 6.33. The quantitative estimate of drug-likeness (QED) is 0.598. The van der Waals surface area contributed by atoms with E-state index < -0.39 is 11.7 Å². The molecule has 2 nitrogen and oxygen atoms in total. The molecule has 0 saturated carbocycles. The molecule has 1 fully saturated rings. The zero-order valence-corrected chi connectivity index (χ0v) is 11.2. The number of likely N-dealkylation sites (tertiary alicyclic amines) is 1. The van der Waals surface area contributed by atoms with Crippen LogP contribution >= 0.6 is 12.2 Å². The van der Waals surface area contributed by atoms with E-state index >= 15 is 0 Å². The molecule has 1 aliphatic heterocycles. The molecule has 0 aromatic heterocycles. The smallest absolute Gasteiger partial charge is 0.299 e. The third-order valence-electron chi connectivity index (χ3n) is 3.35. The third-order valence-corrected chi connectivity index (χ3v) is 3.44. The molecule has 1 unspecified atom stereocenters. The first kappa shape index (κ1) is 14.2. The summed E-state index contributed by atoms with van der Waals surface area (Å²) < 4.78 is 38.6. The van der Waals surface area contributed by atoms with Crippen molar-refractivity contribution >= 4 is 23.1 Å². The average Bonchev–Trinajstić information content (AvgIpc) is 2.74. The Morgan fingerprint density at radius 1 is 1.37 bits per heavy atom. The first-order valence-electron chi connectivity index (χ1n) is 5.92. The van der Waals surface area contributed by atoms with Gasteiger partial charge in [0.2, 0.25) is 0 Å². The van der Waals surface area contributed by atoms with Crippen molar-refractivity contribution < 1.29 is 13.2 Å². The molecule has 0 aliphatic carbocycles. The molecule has 1 atom stereocenters. The third kappa shape index (κ3) is 3.21. The number of isothiocyanates is 1. The zero-order valence-electron chi connectivity index (χ0n) is 10.4. The fraction of sp³-hybridized carbons (Fsp3) is 0.462. The van der Waals surface area contributed by atoms with Gasteiger partial charge in [-0.15, -0.1) is 0 Å². The Kier molecular flexibility index (Phi) is 4.04. The van der Waals surface area contributed by atoms with Gasteiger partial charge in [0.05, 0.1) is 16.4 Å². The SMILES string of the molecule is CN1CCCC1c1cc(N=C=S)cc(C(F)(F)F)c1. The molecule has 1 aromatic rings. The van der Waals surface area contributed by atoms with E-state index in [0.717, 1.165) is 25.5 Å². The second-order valence-corrected chi connectivity index (χ2v) is 4.84. The Hall–Kier alpha value is -1.23. The van der Waals surface area contributed by atoms with Crippen molar-refractivity contribution in [1.82, 2.24) is 4.90 Å². The molecule has 0 radical (unpaired) electrons. The Labute approximate surface area is 114 Å². The number of hydrogen-bond donors (Lipinski definition) is 0. The monoisotopic (exact) mass is 286 g/mol. The van der Waals surface area contributed by atoms with Crippen molar-refractivity contribution in [2.75, 3.05) is 13.6 Å². The minimum absolute atomic E-state index is 0.0152. The van der Waals surface area contributed by atoms with E-state index in [0.29, 0.717) is 5.56 Å². The topological polar surface area (TPSA) is 15.6 Å². The van der Waals surface area contributed by atoms with Crippen molar-refractivity contribution in [3.05, 3.63) is 29.3 Å². The number of aliphatic imine (C=N–C) groups is 1. The molecule has 1 aliphatic rings. The number of rotatable bonds is 2. The van der Waals surface area contributed by atoms with E-state index in [-0.39, 0.29) is 11.7 Å². The van der Waals surface area contributed by atoms with Crippen LogP contribution in [-0.4, -0.2) is 23.7 Å². The highest BCUT2D eigenvalue weighted by Crippen LogP contribution is 2.37. The summed E-state index contributed by atoms with van der Waals surface area (Å²) >= 11 is 4.46. The predicted molar refractivity (Wildman–Crippen MR) is 70.7 cm³/mol. The number of hydrogen-bond acceptors (Lipinski definition) is 3. The molecule has 19 heavy (non-hydrogen) atoms. The molecular weight excluding hydrogens is 273 g/mol. The summed E-state index contributed by atoms with van der Waals surface area (Å²) in [6, 6.07) is 3.87. The second kappa shape index (κ2) is 5.41. The van der Waals surface area contributed by atoms with Crippen LogP contribution in [0.1, 0.15) is 30.0 Å². The lowest BCUT2D eigenvalue weighted by Crippen LogP contribution is -2.18. The van der Waals surface area contributed by atoms with E-state index in [9.17, 15) is 13.2 Å². The molecule has 0 amide bonds. The van der Waals surface area contributed by atoms with Gasteiger partial charge in [0, 0.05) is 6.04 Å². The van der Waals surface area contributed by atoms with Gasteiger partial charge in [0.1, 0.15) is 0 Å². The summed E-state index contributed by atoms with van der Waals surface area (Å²) in [5.74, 6) is 0. The minimum Gasteiger partial charge on any atom is -0.299 e. The van der Waals surface area contributed by atoms with Crippen LogP contribution in [0.5, 0.6) is 0 Å². The lowest BCUT2D eigenvalue weighted by molar-refractivity contribution is -0.137. The van der Waals surface area contributed by atoms with Gasteiger partial charge in [0.15, 0.2) is 0 Å². The summed E-state index contributed by atoms with van der Waals surface area (Å²) in [4.78, 5) is 5.74. The van der Waals surface area contributed by atoms with E-state index in [1.165, 1.54) is 6.07 Å². The summed E-state index contributed by atoms with van der Waals surface area (Å²) in [5, 5.41) is 2.12. The number of alkyl halides is 3. The van der Waals surface area contributed by atoms with Crippen LogP contribution in [-0.2, 0) is 6.18 Å². The van der Waals surface area contributed by atoms with Gasteiger partial charge in [-0.1, -0.05) is 0 Å². The van der Waals surface area contributed by atoms with Crippen LogP contribution in [0.15, 0.2) is 23.2 Å². The lowest BCUT2D eigenvalue weighted by Gasteiger charge is -2.21. The highest BCUT2D eigenvalue weighted by molar-refractivity contribution is 7.78. The molecule has 1 aromatic carbocycles. The lowest BCUT2D eigenvalue weighted by atomic mass is 10.0. The van der Waals surface area contributed by atoms with Gasteiger partial charge in [-0.2, -0.15) is 18.2 Å². The van der Waals surface area contributed by atoms with Gasteiger partial charge in [-0.3, -0.25) is 4.90 Å². The maximum absolute atomic E-state index is 12.9. The van der Waals surface area contributed by atoms with E-state index in [1.807, 2.05) is 7.05 Å². The fourth-order valence-corrected chi connectivity index (χ4v) is 2.54. The Balaban J connectivity index is 2.48. The minimum atomic E-state index is -4.38.